The number of thioether (sulfide) groups is 1. The highest BCUT2D eigenvalue weighted by Gasteiger charge is 2.26. The van der Waals surface area contributed by atoms with Crippen molar-refractivity contribution in [2.45, 2.75) is 31.2 Å². The number of morpholine rings is 1. The van der Waals surface area contributed by atoms with Gasteiger partial charge >= 0.3 is 0 Å². The van der Waals surface area contributed by atoms with Gasteiger partial charge in [-0.25, -0.2) is 0 Å². The van der Waals surface area contributed by atoms with E-state index in [4.69, 9.17) is 4.74 Å². The average Bonchev–Trinajstić information content (AvgIpc) is 2.55. The molecule has 1 aliphatic rings. The molecule has 1 N–H and O–H groups in total. The van der Waals surface area contributed by atoms with Gasteiger partial charge in [-0.05, 0) is 18.2 Å². The molecule has 0 spiro atoms. The minimum absolute atomic E-state index is 0.0195. The van der Waals surface area contributed by atoms with E-state index in [-0.39, 0.29) is 12.0 Å². The molecule has 2 atom stereocenters. The minimum atomic E-state index is -0.345. The van der Waals surface area contributed by atoms with Gasteiger partial charge < -0.3 is 10.1 Å². The standard InChI is InChI=1S/C17H26N2O2S/c1-14(22-2)8-9-18-17(20)16-13-19(10-11-21-16)12-15-6-4-3-5-7-15/h3-7,14,16H,8-13H2,1-2H3,(H,18,20)/t14-,16-/m1/s1. The van der Waals surface area contributed by atoms with E-state index in [0.29, 0.717) is 18.4 Å². The summed E-state index contributed by atoms with van der Waals surface area (Å²) < 4.78 is 5.63. The number of hydrogen-bond donors (Lipinski definition) is 1. The van der Waals surface area contributed by atoms with Gasteiger partial charge in [0.1, 0.15) is 6.10 Å². The molecular formula is C17H26N2O2S. The molecule has 2 rings (SSSR count). The van der Waals surface area contributed by atoms with E-state index in [1.807, 2.05) is 30.0 Å². The Hall–Kier alpha value is -1.04. The van der Waals surface area contributed by atoms with Crippen molar-refractivity contribution in [3.8, 4) is 0 Å². The molecule has 22 heavy (non-hydrogen) atoms. The molecule has 0 radical (unpaired) electrons. The van der Waals surface area contributed by atoms with Gasteiger partial charge in [0.05, 0.1) is 6.61 Å². The van der Waals surface area contributed by atoms with Gasteiger partial charge in [-0.15, -0.1) is 0 Å². The molecule has 0 bridgehead atoms. The average molecular weight is 322 g/mol. The zero-order valence-electron chi connectivity index (χ0n) is 13.5. The molecular weight excluding hydrogens is 296 g/mol. The number of ether oxygens (including phenoxy) is 1. The van der Waals surface area contributed by atoms with Gasteiger partial charge in [-0.3, -0.25) is 9.69 Å². The van der Waals surface area contributed by atoms with Crippen LogP contribution in [0.4, 0.5) is 0 Å². The number of carbonyl (C=O) groups is 1. The summed E-state index contributed by atoms with van der Waals surface area (Å²) in [6.07, 6.45) is 2.74. The summed E-state index contributed by atoms with van der Waals surface area (Å²) in [4.78, 5) is 14.5. The third-order valence-electron chi connectivity index (χ3n) is 3.94. The van der Waals surface area contributed by atoms with Crippen LogP contribution in [-0.4, -0.2) is 54.7 Å². The van der Waals surface area contributed by atoms with Gasteiger partial charge in [0, 0.05) is 31.4 Å². The highest BCUT2D eigenvalue weighted by Crippen LogP contribution is 2.11. The van der Waals surface area contributed by atoms with Crippen molar-refractivity contribution < 1.29 is 9.53 Å². The first-order valence-electron chi connectivity index (χ1n) is 7.87. The van der Waals surface area contributed by atoms with Crippen LogP contribution in [0.2, 0.25) is 0 Å². The second-order valence-corrected chi connectivity index (χ2v) is 6.98. The number of nitrogens with one attached hydrogen (secondary N) is 1. The van der Waals surface area contributed by atoms with Gasteiger partial charge in [0.2, 0.25) is 5.91 Å². The van der Waals surface area contributed by atoms with Crippen LogP contribution in [0.5, 0.6) is 0 Å². The zero-order valence-corrected chi connectivity index (χ0v) is 14.3. The number of rotatable bonds is 7. The predicted molar refractivity (Wildman–Crippen MR) is 92.1 cm³/mol. The van der Waals surface area contributed by atoms with Gasteiger partial charge in [0.25, 0.3) is 0 Å². The van der Waals surface area contributed by atoms with Gasteiger partial charge in [-0.2, -0.15) is 11.8 Å². The Bertz CT molecular complexity index is 455. The van der Waals surface area contributed by atoms with E-state index in [0.717, 1.165) is 26.1 Å². The lowest BCUT2D eigenvalue weighted by atomic mass is 10.2. The second kappa shape index (κ2) is 9.18. The molecule has 1 aromatic carbocycles. The summed E-state index contributed by atoms with van der Waals surface area (Å²) in [6.45, 7) is 5.93. The van der Waals surface area contributed by atoms with Crippen molar-refractivity contribution in [1.82, 2.24) is 10.2 Å². The topological polar surface area (TPSA) is 41.6 Å². The molecule has 4 nitrogen and oxygen atoms in total. The largest absolute Gasteiger partial charge is 0.366 e. The lowest BCUT2D eigenvalue weighted by molar-refractivity contribution is -0.138. The van der Waals surface area contributed by atoms with E-state index in [1.165, 1.54) is 5.56 Å². The van der Waals surface area contributed by atoms with Gasteiger partial charge in [0.15, 0.2) is 0 Å². The minimum Gasteiger partial charge on any atom is -0.366 e. The van der Waals surface area contributed by atoms with Gasteiger partial charge in [-0.1, -0.05) is 37.3 Å². The Kier molecular flexibility index (Phi) is 7.22. The molecule has 1 aromatic rings. The van der Waals surface area contributed by atoms with E-state index in [9.17, 15) is 4.79 Å². The normalized spacial score (nSPS) is 20.5. The van der Waals surface area contributed by atoms with Crippen molar-refractivity contribution in [2.24, 2.45) is 0 Å². The molecule has 0 aromatic heterocycles. The quantitative estimate of drug-likeness (QED) is 0.835. The predicted octanol–water partition coefficient (Wildman–Crippen LogP) is 2.15. The molecule has 0 aliphatic carbocycles. The summed E-state index contributed by atoms with van der Waals surface area (Å²) in [5.74, 6) is 0.0195. The van der Waals surface area contributed by atoms with E-state index in [1.54, 1.807) is 0 Å². The van der Waals surface area contributed by atoms with E-state index >= 15 is 0 Å². The maximum Gasteiger partial charge on any atom is 0.250 e. The van der Waals surface area contributed by atoms with E-state index < -0.39 is 0 Å². The summed E-state index contributed by atoms with van der Waals surface area (Å²) in [5, 5.41) is 3.57. The first-order valence-corrected chi connectivity index (χ1v) is 9.16. The number of nitrogens with zero attached hydrogens (tertiary/aromatic N) is 1. The van der Waals surface area contributed by atoms with Crippen LogP contribution in [0.25, 0.3) is 0 Å². The monoisotopic (exact) mass is 322 g/mol. The van der Waals surface area contributed by atoms with Crippen molar-refractivity contribution in [1.29, 1.82) is 0 Å². The molecule has 1 saturated heterocycles. The number of benzene rings is 1. The first-order chi connectivity index (χ1) is 10.7. The molecule has 1 heterocycles. The second-order valence-electron chi connectivity index (χ2n) is 5.71. The Labute approximate surface area is 137 Å². The SMILES string of the molecule is CS[C@H](C)CCNC(=O)[C@H]1CN(Cc2ccccc2)CCO1. The van der Waals surface area contributed by atoms with Crippen LogP contribution in [0, 0.1) is 0 Å². The molecule has 1 aliphatic heterocycles. The van der Waals surface area contributed by atoms with Crippen LogP contribution < -0.4 is 5.32 Å². The van der Waals surface area contributed by atoms with Crippen molar-refractivity contribution in [3.05, 3.63) is 35.9 Å². The van der Waals surface area contributed by atoms with Crippen LogP contribution in [0.3, 0.4) is 0 Å². The highest BCUT2D eigenvalue weighted by molar-refractivity contribution is 7.99. The first kappa shape index (κ1) is 17.3. The Balaban J connectivity index is 1.76. The summed E-state index contributed by atoms with van der Waals surface area (Å²) in [5.41, 5.74) is 1.28. The maximum absolute atomic E-state index is 12.2. The highest BCUT2D eigenvalue weighted by atomic mass is 32.2. The van der Waals surface area contributed by atoms with Crippen LogP contribution in [0.15, 0.2) is 30.3 Å². The number of hydrogen-bond acceptors (Lipinski definition) is 4. The van der Waals surface area contributed by atoms with Crippen LogP contribution in [0.1, 0.15) is 18.9 Å². The summed E-state index contributed by atoms with van der Waals surface area (Å²) >= 11 is 1.82. The van der Waals surface area contributed by atoms with Crippen molar-refractivity contribution >= 4 is 17.7 Å². The lowest BCUT2D eigenvalue weighted by Gasteiger charge is -2.32. The summed E-state index contributed by atoms with van der Waals surface area (Å²) in [6, 6.07) is 10.4. The lowest BCUT2D eigenvalue weighted by Crippen LogP contribution is -2.49. The zero-order chi connectivity index (χ0) is 15.8. The Morgan fingerprint density at radius 1 is 1.45 bits per heavy atom. The molecule has 1 fully saturated rings. The molecule has 0 unspecified atom stereocenters. The fourth-order valence-electron chi connectivity index (χ4n) is 2.48. The third-order valence-corrected chi connectivity index (χ3v) is 4.98. The van der Waals surface area contributed by atoms with Crippen LogP contribution >= 0.6 is 11.8 Å². The molecule has 0 saturated carbocycles. The number of carbonyl (C=O) groups excluding carboxylic acids is 1. The van der Waals surface area contributed by atoms with Crippen molar-refractivity contribution in [3.63, 3.8) is 0 Å². The third kappa shape index (κ3) is 5.63. The van der Waals surface area contributed by atoms with E-state index in [2.05, 4.69) is 35.5 Å². The van der Waals surface area contributed by atoms with Crippen LogP contribution in [-0.2, 0) is 16.1 Å². The summed E-state index contributed by atoms with van der Waals surface area (Å²) in [7, 11) is 0. The smallest absolute Gasteiger partial charge is 0.250 e. The molecule has 122 valence electrons. The van der Waals surface area contributed by atoms with Crippen molar-refractivity contribution in [2.75, 3.05) is 32.5 Å². The maximum atomic E-state index is 12.2. The molecule has 5 heteroatoms. The molecule has 1 amide bonds. The fourth-order valence-corrected chi connectivity index (χ4v) is 2.83. The Morgan fingerprint density at radius 3 is 2.95 bits per heavy atom. The fraction of sp³-hybridized carbons (Fsp3) is 0.588. The number of amides is 1. The Morgan fingerprint density at radius 2 is 2.23 bits per heavy atom.